The second kappa shape index (κ2) is 6.72. The number of rotatable bonds is 6. The zero-order chi connectivity index (χ0) is 12.8. The van der Waals surface area contributed by atoms with Crippen LogP contribution in [0.15, 0.2) is 18.3 Å². The van der Waals surface area contributed by atoms with Gasteiger partial charge in [0.1, 0.15) is 0 Å². The molecule has 0 saturated heterocycles. The molecule has 3 nitrogen and oxygen atoms in total. The Labute approximate surface area is 105 Å². The number of nitrogens with two attached hydrogens (primary N) is 1. The predicted molar refractivity (Wildman–Crippen MR) is 72.5 cm³/mol. The van der Waals surface area contributed by atoms with Gasteiger partial charge in [0.25, 0.3) is 0 Å². The molecule has 0 atom stereocenters. The van der Waals surface area contributed by atoms with Crippen molar-refractivity contribution >= 4 is 0 Å². The SMILES string of the molecule is CC(C)CN(Cc1cccnc1CN)C(C)C. The van der Waals surface area contributed by atoms with E-state index in [0.29, 0.717) is 18.5 Å². The van der Waals surface area contributed by atoms with E-state index in [2.05, 4.69) is 43.6 Å². The highest BCUT2D eigenvalue weighted by Crippen LogP contribution is 2.13. The lowest BCUT2D eigenvalue weighted by atomic mass is 10.1. The minimum absolute atomic E-state index is 0.518. The Hall–Kier alpha value is -0.930. The van der Waals surface area contributed by atoms with Gasteiger partial charge in [-0.15, -0.1) is 0 Å². The number of aromatic nitrogens is 1. The summed E-state index contributed by atoms with van der Waals surface area (Å²) in [5.41, 5.74) is 7.99. The average Bonchev–Trinajstić information content (AvgIpc) is 2.28. The fraction of sp³-hybridized carbons (Fsp3) is 0.643. The monoisotopic (exact) mass is 235 g/mol. The van der Waals surface area contributed by atoms with E-state index in [9.17, 15) is 0 Å². The van der Waals surface area contributed by atoms with Crippen molar-refractivity contribution in [3.8, 4) is 0 Å². The molecule has 0 unspecified atom stereocenters. The molecule has 2 N–H and O–H groups in total. The van der Waals surface area contributed by atoms with Gasteiger partial charge < -0.3 is 5.73 Å². The lowest BCUT2D eigenvalue weighted by Gasteiger charge is -2.28. The predicted octanol–water partition coefficient (Wildman–Crippen LogP) is 2.41. The van der Waals surface area contributed by atoms with Gasteiger partial charge in [0.15, 0.2) is 0 Å². The number of nitrogens with zero attached hydrogens (tertiary/aromatic N) is 2. The summed E-state index contributed by atoms with van der Waals surface area (Å²) in [6.07, 6.45) is 1.81. The molecule has 0 bridgehead atoms. The molecule has 0 radical (unpaired) electrons. The van der Waals surface area contributed by atoms with Crippen LogP contribution in [-0.2, 0) is 13.1 Å². The Morgan fingerprint density at radius 3 is 2.53 bits per heavy atom. The number of hydrogen-bond acceptors (Lipinski definition) is 3. The minimum Gasteiger partial charge on any atom is -0.325 e. The maximum Gasteiger partial charge on any atom is 0.0584 e. The molecule has 1 heterocycles. The molecule has 0 aromatic carbocycles. The van der Waals surface area contributed by atoms with Crippen LogP contribution < -0.4 is 5.73 Å². The third kappa shape index (κ3) is 4.44. The summed E-state index contributed by atoms with van der Waals surface area (Å²) in [4.78, 5) is 6.81. The molecule has 0 fully saturated rings. The molecule has 0 aliphatic heterocycles. The standard InChI is InChI=1S/C14H25N3/c1-11(2)9-17(12(3)4)10-13-6-5-7-16-14(13)8-15/h5-7,11-12H,8-10,15H2,1-4H3. The molecule has 96 valence electrons. The van der Waals surface area contributed by atoms with Crippen LogP contribution in [0.4, 0.5) is 0 Å². The molecule has 1 aromatic heterocycles. The highest BCUT2D eigenvalue weighted by Gasteiger charge is 2.13. The normalized spacial score (nSPS) is 11.8. The molecule has 17 heavy (non-hydrogen) atoms. The van der Waals surface area contributed by atoms with Crippen LogP contribution in [-0.4, -0.2) is 22.5 Å². The summed E-state index contributed by atoms with van der Waals surface area (Å²) in [6.45, 7) is 11.5. The molecular formula is C14H25N3. The van der Waals surface area contributed by atoms with Crippen molar-refractivity contribution in [3.05, 3.63) is 29.6 Å². The van der Waals surface area contributed by atoms with Crippen LogP contribution in [0.3, 0.4) is 0 Å². The molecule has 1 aromatic rings. The summed E-state index contributed by atoms with van der Waals surface area (Å²) < 4.78 is 0. The molecule has 0 aliphatic rings. The van der Waals surface area contributed by atoms with E-state index in [4.69, 9.17) is 5.73 Å². The lowest BCUT2D eigenvalue weighted by Crippen LogP contribution is -2.34. The fourth-order valence-corrected chi connectivity index (χ4v) is 1.94. The van der Waals surface area contributed by atoms with Crippen LogP contribution in [0.25, 0.3) is 0 Å². The molecule has 0 amide bonds. The highest BCUT2D eigenvalue weighted by molar-refractivity contribution is 5.19. The summed E-state index contributed by atoms with van der Waals surface area (Å²) in [6, 6.07) is 4.66. The van der Waals surface area contributed by atoms with E-state index in [1.54, 1.807) is 0 Å². The van der Waals surface area contributed by atoms with E-state index in [-0.39, 0.29) is 0 Å². The maximum atomic E-state index is 5.72. The first kappa shape index (κ1) is 14.1. The maximum absolute atomic E-state index is 5.72. The molecule has 3 heteroatoms. The van der Waals surface area contributed by atoms with Crippen molar-refractivity contribution in [2.24, 2.45) is 11.7 Å². The van der Waals surface area contributed by atoms with E-state index in [1.165, 1.54) is 5.56 Å². The molecule has 0 saturated carbocycles. The zero-order valence-electron chi connectivity index (χ0n) is 11.5. The summed E-state index contributed by atoms with van der Waals surface area (Å²) >= 11 is 0. The van der Waals surface area contributed by atoms with Crippen molar-refractivity contribution in [3.63, 3.8) is 0 Å². The average molecular weight is 235 g/mol. The highest BCUT2D eigenvalue weighted by atomic mass is 15.1. The van der Waals surface area contributed by atoms with Gasteiger partial charge in [-0.1, -0.05) is 19.9 Å². The van der Waals surface area contributed by atoms with Crippen LogP contribution >= 0.6 is 0 Å². The van der Waals surface area contributed by atoms with Gasteiger partial charge in [-0.05, 0) is 31.4 Å². The largest absolute Gasteiger partial charge is 0.325 e. The number of pyridine rings is 1. The van der Waals surface area contributed by atoms with Crippen molar-refractivity contribution < 1.29 is 0 Å². The van der Waals surface area contributed by atoms with Crippen molar-refractivity contribution in [2.45, 2.75) is 46.8 Å². The van der Waals surface area contributed by atoms with E-state index < -0.39 is 0 Å². The first-order valence-electron chi connectivity index (χ1n) is 6.41. The Morgan fingerprint density at radius 2 is 2.00 bits per heavy atom. The summed E-state index contributed by atoms with van der Waals surface area (Å²) in [5, 5.41) is 0. The van der Waals surface area contributed by atoms with Crippen molar-refractivity contribution in [2.75, 3.05) is 6.54 Å². The second-order valence-electron chi connectivity index (χ2n) is 5.23. The second-order valence-corrected chi connectivity index (χ2v) is 5.23. The van der Waals surface area contributed by atoms with Crippen LogP contribution in [0.5, 0.6) is 0 Å². The summed E-state index contributed by atoms with van der Waals surface area (Å²) in [7, 11) is 0. The van der Waals surface area contributed by atoms with Crippen LogP contribution in [0.2, 0.25) is 0 Å². The summed E-state index contributed by atoms with van der Waals surface area (Å²) in [5.74, 6) is 0.676. The first-order chi connectivity index (χ1) is 8.04. The Balaban J connectivity index is 2.78. The molecule has 0 spiro atoms. The Morgan fingerprint density at radius 1 is 1.29 bits per heavy atom. The molecule has 1 rings (SSSR count). The minimum atomic E-state index is 0.518. The molecule has 0 aliphatic carbocycles. The Kier molecular flexibility index (Phi) is 5.59. The lowest BCUT2D eigenvalue weighted by molar-refractivity contribution is 0.188. The van der Waals surface area contributed by atoms with Gasteiger partial charge in [0.05, 0.1) is 5.69 Å². The topological polar surface area (TPSA) is 42.2 Å². The van der Waals surface area contributed by atoms with Crippen LogP contribution in [0, 0.1) is 5.92 Å². The Bertz CT molecular complexity index is 334. The molecular weight excluding hydrogens is 210 g/mol. The van der Waals surface area contributed by atoms with Gasteiger partial charge in [0, 0.05) is 31.9 Å². The van der Waals surface area contributed by atoms with E-state index in [0.717, 1.165) is 18.8 Å². The van der Waals surface area contributed by atoms with Crippen molar-refractivity contribution in [1.29, 1.82) is 0 Å². The zero-order valence-corrected chi connectivity index (χ0v) is 11.5. The van der Waals surface area contributed by atoms with Gasteiger partial charge >= 0.3 is 0 Å². The van der Waals surface area contributed by atoms with E-state index in [1.807, 2.05) is 12.3 Å². The first-order valence-corrected chi connectivity index (χ1v) is 6.41. The van der Waals surface area contributed by atoms with Crippen LogP contribution in [0.1, 0.15) is 39.0 Å². The van der Waals surface area contributed by atoms with E-state index >= 15 is 0 Å². The number of hydrogen-bond donors (Lipinski definition) is 1. The van der Waals surface area contributed by atoms with Gasteiger partial charge in [-0.25, -0.2) is 0 Å². The van der Waals surface area contributed by atoms with Gasteiger partial charge in [0.2, 0.25) is 0 Å². The quantitative estimate of drug-likeness (QED) is 0.823. The smallest absolute Gasteiger partial charge is 0.0584 e. The van der Waals surface area contributed by atoms with Gasteiger partial charge in [-0.3, -0.25) is 9.88 Å². The third-order valence-corrected chi connectivity index (χ3v) is 2.88. The van der Waals surface area contributed by atoms with Crippen molar-refractivity contribution in [1.82, 2.24) is 9.88 Å². The van der Waals surface area contributed by atoms with Gasteiger partial charge in [-0.2, -0.15) is 0 Å². The fourth-order valence-electron chi connectivity index (χ4n) is 1.94. The third-order valence-electron chi connectivity index (χ3n) is 2.88.